The van der Waals surface area contributed by atoms with E-state index in [0.717, 1.165) is 31.4 Å². The molecule has 0 aromatic carbocycles. The summed E-state index contributed by atoms with van der Waals surface area (Å²) in [5.74, 6) is 1.21. The van der Waals surface area contributed by atoms with Gasteiger partial charge in [0.2, 0.25) is 5.91 Å². The molecule has 11 heteroatoms. The fourth-order valence-electron chi connectivity index (χ4n) is 3.76. The molecule has 34 heavy (non-hydrogen) atoms. The highest BCUT2D eigenvalue weighted by Gasteiger charge is 2.42. The van der Waals surface area contributed by atoms with Crippen molar-refractivity contribution >= 4 is 23.7 Å². The van der Waals surface area contributed by atoms with Crippen LogP contribution in [0, 0.1) is 5.92 Å². The minimum absolute atomic E-state index is 0.0515. The van der Waals surface area contributed by atoms with Crippen LogP contribution in [0.5, 0.6) is 0 Å². The summed E-state index contributed by atoms with van der Waals surface area (Å²) >= 11 is 1.91. The van der Waals surface area contributed by atoms with Crippen LogP contribution in [0.1, 0.15) is 39.0 Å². The molecule has 4 atom stereocenters. The molecule has 10 nitrogen and oxygen atoms in total. The Kier molecular flexibility index (Phi) is 15.6. The Labute approximate surface area is 207 Å². The molecular weight excluding hydrogens is 462 g/mol. The summed E-state index contributed by atoms with van der Waals surface area (Å²) in [4.78, 5) is 23.4. The zero-order valence-corrected chi connectivity index (χ0v) is 21.2. The summed E-state index contributed by atoms with van der Waals surface area (Å²) < 4.78 is 21.7. The number of ether oxygens (including phenoxy) is 4. The number of carbonyl (C=O) groups is 2. The second-order valence-electron chi connectivity index (χ2n) is 8.77. The van der Waals surface area contributed by atoms with Crippen molar-refractivity contribution in [1.29, 1.82) is 0 Å². The van der Waals surface area contributed by atoms with Crippen molar-refractivity contribution < 1.29 is 33.6 Å². The molecule has 0 aliphatic carbocycles. The molecule has 4 N–H and O–H groups in total. The van der Waals surface area contributed by atoms with Crippen LogP contribution in [0.4, 0.5) is 4.79 Å². The molecule has 0 aromatic rings. The molecule has 2 aliphatic heterocycles. The lowest BCUT2D eigenvalue weighted by Gasteiger charge is -2.16. The lowest BCUT2D eigenvalue weighted by molar-refractivity contribution is -0.121. The van der Waals surface area contributed by atoms with Crippen molar-refractivity contribution in [3.05, 3.63) is 0 Å². The van der Waals surface area contributed by atoms with Gasteiger partial charge in [-0.05, 0) is 19.3 Å². The molecule has 0 radical (unpaired) electrons. The predicted octanol–water partition coefficient (Wildman–Crippen LogP) is 0.913. The second kappa shape index (κ2) is 18.2. The number of hydrogen-bond donors (Lipinski definition) is 4. The largest absolute Gasteiger partial charge is 0.396 e. The third-order valence-electron chi connectivity index (χ3n) is 5.70. The predicted molar refractivity (Wildman–Crippen MR) is 131 cm³/mol. The van der Waals surface area contributed by atoms with Gasteiger partial charge in [-0.3, -0.25) is 4.79 Å². The summed E-state index contributed by atoms with van der Waals surface area (Å²) in [6, 6.07) is 0.448. The van der Waals surface area contributed by atoms with Crippen molar-refractivity contribution in [1.82, 2.24) is 16.0 Å². The Bertz CT molecular complexity index is 573. The maximum absolute atomic E-state index is 12.0. The Balaban J connectivity index is 1.27. The number of fused-ring (bicyclic) bond motifs is 1. The molecule has 2 rings (SSSR count). The minimum atomic E-state index is -0.0515. The SMILES string of the molecule is CC(CO)COCCOCCOCCOCCCNC(=O)CCCCC1SCC2NC(=O)NC21. The first kappa shape index (κ1) is 29.1. The van der Waals surface area contributed by atoms with Crippen LogP contribution in [0.3, 0.4) is 0 Å². The van der Waals surface area contributed by atoms with E-state index >= 15 is 0 Å². The summed E-state index contributed by atoms with van der Waals surface area (Å²) in [5, 5.41) is 18.2. The molecule has 198 valence electrons. The van der Waals surface area contributed by atoms with Gasteiger partial charge in [-0.25, -0.2) is 4.79 Å². The van der Waals surface area contributed by atoms with E-state index in [1.165, 1.54) is 0 Å². The average molecular weight is 506 g/mol. The number of rotatable bonds is 21. The third-order valence-corrected chi connectivity index (χ3v) is 7.21. The van der Waals surface area contributed by atoms with Crippen molar-refractivity contribution in [2.24, 2.45) is 5.92 Å². The summed E-state index contributed by atoms with van der Waals surface area (Å²) in [6.45, 7) is 6.90. The normalized spacial score (nSPS) is 22.3. The van der Waals surface area contributed by atoms with Crippen molar-refractivity contribution in [3.63, 3.8) is 0 Å². The van der Waals surface area contributed by atoms with Gasteiger partial charge in [0.05, 0.1) is 58.3 Å². The van der Waals surface area contributed by atoms with Crippen molar-refractivity contribution in [2.45, 2.75) is 56.4 Å². The van der Waals surface area contributed by atoms with Gasteiger partial charge in [0.1, 0.15) is 0 Å². The fraction of sp³-hybridized carbons (Fsp3) is 0.913. The Morgan fingerprint density at radius 3 is 2.41 bits per heavy atom. The first-order valence-corrected chi connectivity index (χ1v) is 13.5. The van der Waals surface area contributed by atoms with Gasteiger partial charge in [-0.15, -0.1) is 0 Å². The van der Waals surface area contributed by atoms with Gasteiger partial charge in [0.15, 0.2) is 0 Å². The van der Waals surface area contributed by atoms with Gasteiger partial charge in [0, 0.05) is 43.1 Å². The molecule has 2 aliphatic rings. The monoisotopic (exact) mass is 505 g/mol. The van der Waals surface area contributed by atoms with E-state index in [-0.39, 0.29) is 36.5 Å². The Hall–Kier alpha value is -1.11. The average Bonchev–Trinajstić information content (AvgIpc) is 3.38. The topological polar surface area (TPSA) is 127 Å². The lowest BCUT2D eigenvalue weighted by Crippen LogP contribution is -2.36. The molecule has 0 saturated carbocycles. The zero-order valence-electron chi connectivity index (χ0n) is 20.4. The number of amides is 3. The van der Waals surface area contributed by atoms with Crippen LogP contribution in [0.15, 0.2) is 0 Å². The number of unbranched alkanes of at least 4 members (excludes halogenated alkanes) is 1. The van der Waals surface area contributed by atoms with Gasteiger partial charge in [-0.1, -0.05) is 13.3 Å². The molecule has 2 saturated heterocycles. The molecular formula is C23H43N3O7S. The standard InChI is InChI=1S/C23H43N3O7S/c1-18(15-27)16-33-14-13-32-12-11-31-10-9-30-8-4-7-24-21(28)6-3-2-5-20-22-19(17-34-20)25-23(29)26-22/h18-20,22,27H,2-17H2,1H3,(H,24,28)(H2,25,26,29). The summed E-state index contributed by atoms with van der Waals surface area (Å²) in [6.07, 6.45) is 4.21. The number of thioether (sulfide) groups is 1. The van der Waals surface area contributed by atoms with Crippen molar-refractivity contribution in [2.75, 3.05) is 71.8 Å². The highest BCUT2D eigenvalue weighted by atomic mass is 32.2. The number of hydrogen-bond acceptors (Lipinski definition) is 8. The van der Waals surface area contributed by atoms with E-state index in [1.807, 2.05) is 18.7 Å². The maximum Gasteiger partial charge on any atom is 0.315 e. The Morgan fingerprint density at radius 1 is 1.03 bits per heavy atom. The third kappa shape index (κ3) is 12.6. The van der Waals surface area contributed by atoms with Crippen LogP contribution < -0.4 is 16.0 Å². The molecule has 0 aromatic heterocycles. The minimum Gasteiger partial charge on any atom is -0.396 e. The molecule has 0 bridgehead atoms. The molecule has 3 amide bonds. The van der Waals surface area contributed by atoms with Crippen LogP contribution in [-0.4, -0.2) is 106 Å². The first-order chi connectivity index (χ1) is 16.6. The summed E-state index contributed by atoms with van der Waals surface area (Å²) in [7, 11) is 0. The van der Waals surface area contributed by atoms with E-state index in [0.29, 0.717) is 71.1 Å². The Morgan fingerprint density at radius 2 is 1.71 bits per heavy atom. The number of carbonyl (C=O) groups excluding carboxylic acids is 2. The van der Waals surface area contributed by atoms with Crippen molar-refractivity contribution in [3.8, 4) is 0 Å². The lowest BCUT2D eigenvalue weighted by atomic mass is 10.0. The maximum atomic E-state index is 12.0. The number of aliphatic hydroxyl groups is 1. The van der Waals surface area contributed by atoms with Gasteiger partial charge in [-0.2, -0.15) is 11.8 Å². The number of urea groups is 1. The van der Waals surface area contributed by atoms with Crippen LogP contribution in [0.2, 0.25) is 0 Å². The summed E-state index contributed by atoms with van der Waals surface area (Å²) in [5.41, 5.74) is 0. The zero-order chi connectivity index (χ0) is 24.4. The molecule has 2 heterocycles. The van der Waals surface area contributed by atoms with E-state index < -0.39 is 0 Å². The number of nitrogens with one attached hydrogen (secondary N) is 3. The highest BCUT2D eigenvalue weighted by Crippen LogP contribution is 2.33. The molecule has 2 fully saturated rings. The molecule has 0 spiro atoms. The fourth-order valence-corrected chi connectivity index (χ4v) is 5.31. The first-order valence-electron chi connectivity index (χ1n) is 12.5. The quantitative estimate of drug-likeness (QED) is 0.134. The van der Waals surface area contributed by atoms with E-state index in [9.17, 15) is 9.59 Å². The smallest absolute Gasteiger partial charge is 0.315 e. The highest BCUT2D eigenvalue weighted by molar-refractivity contribution is 8.00. The van der Waals surface area contributed by atoms with Gasteiger partial charge in [0.25, 0.3) is 0 Å². The van der Waals surface area contributed by atoms with E-state index in [2.05, 4.69) is 16.0 Å². The van der Waals surface area contributed by atoms with Crippen LogP contribution in [0.25, 0.3) is 0 Å². The van der Waals surface area contributed by atoms with Crippen LogP contribution >= 0.6 is 11.8 Å². The number of aliphatic hydroxyl groups excluding tert-OH is 1. The van der Waals surface area contributed by atoms with Gasteiger partial charge >= 0.3 is 6.03 Å². The van der Waals surface area contributed by atoms with E-state index in [1.54, 1.807) is 0 Å². The second-order valence-corrected chi connectivity index (χ2v) is 10.0. The molecule has 4 unspecified atom stereocenters. The van der Waals surface area contributed by atoms with Crippen LogP contribution in [-0.2, 0) is 23.7 Å². The van der Waals surface area contributed by atoms with Gasteiger partial charge < -0.3 is 40.0 Å². The van der Waals surface area contributed by atoms with E-state index in [4.69, 9.17) is 24.1 Å².